The SMILES string of the molecule is Cc1cccc(O[C@@H](C)C(=O)Oc2ccc(C(=O)c3ccc(F)cc3)cc2)c1. The van der Waals surface area contributed by atoms with E-state index in [1.54, 1.807) is 25.1 Å². The van der Waals surface area contributed by atoms with E-state index in [1.165, 1.54) is 36.4 Å². The van der Waals surface area contributed by atoms with E-state index in [0.717, 1.165) is 5.56 Å². The molecule has 0 radical (unpaired) electrons. The lowest BCUT2D eigenvalue weighted by molar-refractivity contribution is -0.141. The maximum absolute atomic E-state index is 13.0. The van der Waals surface area contributed by atoms with Crippen LogP contribution in [0.3, 0.4) is 0 Å². The predicted octanol–water partition coefficient (Wildman–Crippen LogP) is 4.74. The van der Waals surface area contributed by atoms with Gasteiger partial charge in [-0.3, -0.25) is 4.79 Å². The summed E-state index contributed by atoms with van der Waals surface area (Å²) in [4.78, 5) is 24.6. The number of aryl methyl sites for hydroxylation is 1. The van der Waals surface area contributed by atoms with Gasteiger partial charge in [0.05, 0.1) is 0 Å². The zero-order chi connectivity index (χ0) is 20.1. The van der Waals surface area contributed by atoms with Crippen LogP contribution >= 0.6 is 0 Å². The topological polar surface area (TPSA) is 52.6 Å². The smallest absolute Gasteiger partial charge is 0.352 e. The van der Waals surface area contributed by atoms with Crippen molar-refractivity contribution >= 4 is 11.8 Å². The van der Waals surface area contributed by atoms with Gasteiger partial charge in [-0.1, -0.05) is 12.1 Å². The van der Waals surface area contributed by atoms with Crippen LogP contribution in [0.25, 0.3) is 0 Å². The number of benzene rings is 3. The molecule has 0 aliphatic rings. The van der Waals surface area contributed by atoms with Gasteiger partial charge in [0.2, 0.25) is 0 Å². The van der Waals surface area contributed by atoms with Gasteiger partial charge in [-0.15, -0.1) is 0 Å². The van der Waals surface area contributed by atoms with Crippen molar-refractivity contribution in [2.45, 2.75) is 20.0 Å². The third kappa shape index (κ3) is 4.82. The second-order valence-corrected chi connectivity index (χ2v) is 6.36. The van der Waals surface area contributed by atoms with Crippen LogP contribution in [0.4, 0.5) is 4.39 Å². The zero-order valence-corrected chi connectivity index (χ0v) is 15.5. The third-order valence-electron chi connectivity index (χ3n) is 4.08. The fraction of sp³-hybridized carbons (Fsp3) is 0.130. The maximum Gasteiger partial charge on any atom is 0.352 e. The van der Waals surface area contributed by atoms with Gasteiger partial charge in [-0.25, -0.2) is 9.18 Å². The summed E-state index contributed by atoms with van der Waals surface area (Å²) >= 11 is 0. The molecule has 0 saturated carbocycles. The summed E-state index contributed by atoms with van der Waals surface area (Å²) in [6.07, 6.45) is -0.790. The molecule has 0 aromatic heterocycles. The van der Waals surface area contributed by atoms with Crippen LogP contribution < -0.4 is 9.47 Å². The number of hydrogen-bond acceptors (Lipinski definition) is 4. The van der Waals surface area contributed by atoms with Crippen LogP contribution in [0.5, 0.6) is 11.5 Å². The predicted molar refractivity (Wildman–Crippen MR) is 103 cm³/mol. The first-order valence-corrected chi connectivity index (χ1v) is 8.78. The summed E-state index contributed by atoms with van der Waals surface area (Å²) in [7, 11) is 0. The largest absolute Gasteiger partial charge is 0.479 e. The Balaban J connectivity index is 1.62. The molecule has 0 unspecified atom stereocenters. The molecule has 0 aliphatic heterocycles. The number of rotatable bonds is 6. The van der Waals surface area contributed by atoms with Gasteiger partial charge < -0.3 is 9.47 Å². The Morgan fingerprint density at radius 3 is 2.07 bits per heavy atom. The van der Waals surface area contributed by atoms with E-state index in [2.05, 4.69) is 0 Å². The molecule has 1 atom stereocenters. The Bertz CT molecular complexity index is 978. The van der Waals surface area contributed by atoms with Crippen molar-refractivity contribution in [1.82, 2.24) is 0 Å². The highest BCUT2D eigenvalue weighted by molar-refractivity contribution is 6.09. The Hall–Kier alpha value is -3.47. The molecular formula is C23H19FO4. The number of ketones is 1. The van der Waals surface area contributed by atoms with Crippen molar-refractivity contribution < 1.29 is 23.5 Å². The molecule has 0 spiro atoms. The first-order valence-electron chi connectivity index (χ1n) is 8.78. The van der Waals surface area contributed by atoms with Crippen molar-refractivity contribution in [2.75, 3.05) is 0 Å². The maximum atomic E-state index is 13.0. The fourth-order valence-corrected chi connectivity index (χ4v) is 2.58. The lowest BCUT2D eigenvalue weighted by Gasteiger charge is -2.14. The second-order valence-electron chi connectivity index (χ2n) is 6.36. The second kappa shape index (κ2) is 8.48. The Morgan fingerprint density at radius 1 is 0.857 bits per heavy atom. The van der Waals surface area contributed by atoms with E-state index in [1.807, 2.05) is 25.1 Å². The fourth-order valence-electron chi connectivity index (χ4n) is 2.58. The minimum absolute atomic E-state index is 0.242. The van der Waals surface area contributed by atoms with Crippen LogP contribution in [0.1, 0.15) is 28.4 Å². The molecule has 0 amide bonds. The highest BCUT2D eigenvalue weighted by Crippen LogP contribution is 2.18. The molecule has 142 valence electrons. The van der Waals surface area contributed by atoms with Crippen molar-refractivity contribution in [3.05, 3.63) is 95.3 Å². The van der Waals surface area contributed by atoms with Crippen LogP contribution in [0.2, 0.25) is 0 Å². The highest BCUT2D eigenvalue weighted by atomic mass is 19.1. The van der Waals surface area contributed by atoms with E-state index in [4.69, 9.17) is 9.47 Å². The van der Waals surface area contributed by atoms with E-state index < -0.39 is 17.9 Å². The molecule has 28 heavy (non-hydrogen) atoms. The monoisotopic (exact) mass is 378 g/mol. The number of ether oxygens (including phenoxy) is 2. The summed E-state index contributed by atoms with van der Waals surface area (Å²) in [5, 5.41) is 0. The molecule has 0 bridgehead atoms. The number of hydrogen-bond donors (Lipinski definition) is 0. The summed E-state index contributed by atoms with van der Waals surface area (Å²) < 4.78 is 23.9. The van der Waals surface area contributed by atoms with E-state index >= 15 is 0 Å². The van der Waals surface area contributed by atoms with Crippen molar-refractivity contribution in [3.8, 4) is 11.5 Å². The molecule has 0 N–H and O–H groups in total. The Kier molecular flexibility index (Phi) is 5.84. The van der Waals surface area contributed by atoms with Gasteiger partial charge in [-0.05, 0) is 80.1 Å². The van der Waals surface area contributed by atoms with Crippen LogP contribution in [0, 0.1) is 12.7 Å². The van der Waals surface area contributed by atoms with Gasteiger partial charge in [0.1, 0.15) is 17.3 Å². The lowest BCUT2D eigenvalue weighted by atomic mass is 10.0. The standard InChI is InChI=1S/C23H19FO4/c1-15-4-3-5-21(14-15)27-16(2)23(26)28-20-12-8-18(9-13-20)22(25)17-6-10-19(24)11-7-17/h3-14,16H,1-2H3/t16-/m0/s1. The van der Waals surface area contributed by atoms with Gasteiger partial charge >= 0.3 is 5.97 Å². The van der Waals surface area contributed by atoms with Crippen LogP contribution in [-0.2, 0) is 4.79 Å². The minimum Gasteiger partial charge on any atom is -0.479 e. The zero-order valence-electron chi connectivity index (χ0n) is 15.5. The van der Waals surface area contributed by atoms with Crippen molar-refractivity contribution in [3.63, 3.8) is 0 Å². The number of halogens is 1. The summed E-state index contributed by atoms with van der Waals surface area (Å²) in [5.74, 6) is -0.293. The molecule has 5 heteroatoms. The first kappa shape index (κ1) is 19.3. The summed E-state index contributed by atoms with van der Waals surface area (Å²) in [6, 6.07) is 18.9. The summed E-state index contributed by atoms with van der Waals surface area (Å²) in [5.41, 5.74) is 1.82. The molecule has 0 fully saturated rings. The number of esters is 1. The number of carbonyl (C=O) groups excluding carboxylic acids is 2. The Morgan fingerprint density at radius 2 is 1.46 bits per heavy atom. The molecule has 3 aromatic rings. The van der Waals surface area contributed by atoms with Gasteiger partial charge in [0, 0.05) is 11.1 Å². The third-order valence-corrected chi connectivity index (χ3v) is 4.08. The molecule has 3 aromatic carbocycles. The van der Waals surface area contributed by atoms with Gasteiger partial charge in [0.25, 0.3) is 0 Å². The first-order chi connectivity index (χ1) is 13.4. The Labute approximate surface area is 162 Å². The average Bonchev–Trinajstić information content (AvgIpc) is 2.68. The molecule has 0 saturated heterocycles. The average molecular weight is 378 g/mol. The van der Waals surface area contributed by atoms with E-state index in [-0.39, 0.29) is 5.78 Å². The molecular weight excluding hydrogens is 359 g/mol. The van der Waals surface area contributed by atoms with Gasteiger partial charge in [0.15, 0.2) is 11.9 Å². The lowest BCUT2D eigenvalue weighted by Crippen LogP contribution is -2.28. The normalized spacial score (nSPS) is 11.5. The summed E-state index contributed by atoms with van der Waals surface area (Å²) in [6.45, 7) is 3.54. The molecule has 0 heterocycles. The quantitative estimate of drug-likeness (QED) is 0.353. The molecule has 3 rings (SSSR count). The highest BCUT2D eigenvalue weighted by Gasteiger charge is 2.18. The van der Waals surface area contributed by atoms with E-state index in [9.17, 15) is 14.0 Å². The van der Waals surface area contributed by atoms with Gasteiger partial charge in [-0.2, -0.15) is 0 Å². The van der Waals surface area contributed by atoms with E-state index in [0.29, 0.717) is 22.6 Å². The minimum atomic E-state index is -0.790. The van der Waals surface area contributed by atoms with Crippen molar-refractivity contribution in [1.29, 1.82) is 0 Å². The van der Waals surface area contributed by atoms with Crippen LogP contribution in [-0.4, -0.2) is 17.9 Å². The molecule has 4 nitrogen and oxygen atoms in total. The van der Waals surface area contributed by atoms with Crippen molar-refractivity contribution in [2.24, 2.45) is 0 Å². The van der Waals surface area contributed by atoms with Crippen LogP contribution in [0.15, 0.2) is 72.8 Å². The molecule has 0 aliphatic carbocycles. The number of carbonyl (C=O) groups is 2.